The van der Waals surface area contributed by atoms with Crippen LogP contribution in [0.5, 0.6) is 0 Å². The highest BCUT2D eigenvalue weighted by Crippen LogP contribution is 2.16. The third-order valence-corrected chi connectivity index (χ3v) is 4.01. The number of anilines is 1. The van der Waals surface area contributed by atoms with Gasteiger partial charge in [0.05, 0.1) is 26.0 Å². The molecule has 1 aromatic heterocycles. The Morgan fingerprint density at radius 1 is 1.08 bits per heavy atom. The summed E-state index contributed by atoms with van der Waals surface area (Å²) in [6.07, 6.45) is 1.67. The number of rotatable bonds is 5. The first-order valence-electron chi connectivity index (χ1n) is 8.23. The summed E-state index contributed by atoms with van der Waals surface area (Å²) in [7, 11) is 1.76. The fraction of sp³-hybridized carbons (Fsp3) is 0.389. The van der Waals surface area contributed by atoms with Crippen molar-refractivity contribution in [3.63, 3.8) is 0 Å². The lowest BCUT2D eigenvalue weighted by Crippen LogP contribution is -2.36. The molecular weight excluding hydrogens is 304 g/mol. The Bertz CT molecular complexity index is 632. The van der Waals surface area contributed by atoms with Crippen molar-refractivity contribution in [3.05, 3.63) is 54.0 Å². The highest BCUT2D eigenvalue weighted by atomic mass is 16.5. The third-order valence-electron chi connectivity index (χ3n) is 4.01. The molecule has 0 spiro atoms. The van der Waals surface area contributed by atoms with Crippen LogP contribution in [0.4, 0.5) is 5.69 Å². The Hall–Kier alpha value is -2.47. The maximum Gasteiger partial charge on any atom is 0.191 e. The first-order chi connectivity index (χ1) is 11.8. The fourth-order valence-corrected chi connectivity index (χ4v) is 2.64. The summed E-state index contributed by atoms with van der Waals surface area (Å²) in [5, 5.41) is 6.54. The van der Waals surface area contributed by atoms with Crippen LogP contribution in [-0.2, 0) is 17.8 Å². The van der Waals surface area contributed by atoms with Crippen LogP contribution < -0.4 is 15.5 Å². The Labute approximate surface area is 142 Å². The van der Waals surface area contributed by atoms with Gasteiger partial charge in [0.25, 0.3) is 0 Å². The van der Waals surface area contributed by atoms with Crippen molar-refractivity contribution >= 4 is 11.6 Å². The van der Waals surface area contributed by atoms with Gasteiger partial charge in [-0.05, 0) is 29.8 Å². The maximum atomic E-state index is 5.39. The standard InChI is InChI=1S/C18H24N4O2/c1-19-18(21-14-17-3-2-10-24-17)20-13-15-4-6-16(7-5-15)22-8-11-23-12-9-22/h2-7,10H,8-9,11-14H2,1H3,(H2,19,20,21). The van der Waals surface area contributed by atoms with E-state index in [9.17, 15) is 0 Å². The number of hydrogen-bond donors (Lipinski definition) is 2. The van der Waals surface area contributed by atoms with E-state index in [1.165, 1.54) is 11.3 Å². The van der Waals surface area contributed by atoms with E-state index in [-0.39, 0.29) is 0 Å². The predicted molar refractivity (Wildman–Crippen MR) is 95.2 cm³/mol. The van der Waals surface area contributed by atoms with E-state index < -0.39 is 0 Å². The van der Waals surface area contributed by atoms with Gasteiger partial charge in [-0.1, -0.05) is 12.1 Å². The average molecular weight is 328 g/mol. The quantitative estimate of drug-likeness (QED) is 0.649. The molecule has 0 saturated carbocycles. The molecule has 2 aromatic rings. The smallest absolute Gasteiger partial charge is 0.191 e. The molecule has 0 bridgehead atoms. The highest BCUT2D eigenvalue weighted by Gasteiger charge is 2.10. The van der Waals surface area contributed by atoms with Crippen molar-refractivity contribution < 1.29 is 9.15 Å². The van der Waals surface area contributed by atoms with Gasteiger partial charge in [-0.3, -0.25) is 4.99 Å². The van der Waals surface area contributed by atoms with Gasteiger partial charge in [-0.15, -0.1) is 0 Å². The second-order valence-electron chi connectivity index (χ2n) is 5.62. The predicted octanol–water partition coefficient (Wildman–Crippen LogP) is 1.98. The molecule has 1 saturated heterocycles. The Morgan fingerprint density at radius 3 is 2.50 bits per heavy atom. The lowest BCUT2D eigenvalue weighted by molar-refractivity contribution is 0.122. The summed E-state index contributed by atoms with van der Waals surface area (Å²) in [4.78, 5) is 6.58. The first-order valence-corrected chi connectivity index (χ1v) is 8.23. The number of furan rings is 1. The minimum atomic E-state index is 0.614. The molecule has 6 heteroatoms. The van der Waals surface area contributed by atoms with E-state index in [1.54, 1.807) is 13.3 Å². The Balaban J connectivity index is 1.48. The van der Waals surface area contributed by atoms with Gasteiger partial charge in [0, 0.05) is 32.4 Å². The van der Waals surface area contributed by atoms with Crippen molar-refractivity contribution in [2.45, 2.75) is 13.1 Å². The number of guanidine groups is 1. The number of aliphatic imine (C=N–C) groups is 1. The fourth-order valence-electron chi connectivity index (χ4n) is 2.64. The summed E-state index contributed by atoms with van der Waals surface area (Å²) in [5.74, 6) is 1.64. The Kier molecular flexibility index (Phi) is 5.74. The maximum absolute atomic E-state index is 5.39. The number of benzene rings is 1. The Morgan fingerprint density at radius 2 is 1.83 bits per heavy atom. The molecule has 128 valence electrons. The lowest BCUT2D eigenvalue weighted by atomic mass is 10.2. The van der Waals surface area contributed by atoms with Crippen LogP contribution in [0.2, 0.25) is 0 Å². The number of morpholine rings is 1. The molecule has 0 unspecified atom stereocenters. The molecule has 1 fully saturated rings. The van der Waals surface area contributed by atoms with Crippen LogP contribution in [-0.4, -0.2) is 39.3 Å². The van der Waals surface area contributed by atoms with Crippen LogP contribution >= 0.6 is 0 Å². The van der Waals surface area contributed by atoms with Gasteiger partial charge < -0.3 is 24.7 Å². The molecular formula is C18H24N4O2. The largest absolute Gasteiger partial charge is 0.467 e. The van der Waals surface area contributed by atoms with Gasteiger partial charge in [0.1, 0.15) is 5.76 Å². The first kappa shape index (κ1) is 16.4. The molecule has 0 aliphatic carbocycles. The van der Waals surface area contributed by atoms with Gasteiger partial charge in [0.15, 0.2) is 5.96 Å². The van der Waals surface area contributed by atoms with E-state index in [2.05, 4.69) is 44.8 Å². The van der Waals surface area contributed by atoms with Crippen LogP contribution in [0, 0.1) is 0 Å². The van der Waals surface area contributed by atoms with E-state index in [0.717, 1.165) is 44.6 Å². The number of nitrogens with zero attached hydrogens (tertiary/aromatic N) is 2. The summed E-state index contributed by atoms with van der Waals surface area (Å²) in [6, 6.07) is 12.5. The normalized spacial score (nSPS) is 15.4. The average Bonchev–Trinajstić information content (AvgIpc) is 3.17. The summed E-state index contributed by atoms with van der Waals surface area (Å²) >= 11 is 0. The van der Waals surface area contributed by atoms with E-state index in [0.29, 0.717) is 6.54 Å². The minimum absolute atomic E-state index is 0.614. The molecule has 1 aromatic carbocycles. The van der Waals surface area contributed by atoms with Gasteiger partial charge in [-0.2, -0.15) is 0 Å². The highest BCUT2D eigenvalue weighted by molar-refractivity contribution is 5.79. The van der Waals surface area contributed by atoms with Crippen LogP contribution in [0.1, 0.15) is 11.3 Å². The van der Waals surface area contributed by atoms with Crippen LogP contribution in [0.3, 0.4) is 0 Å². The molecule has 6 nitrogen and oxygen atoms in total. The number of ether oxygens (including phenoxy) is 1. The zero-order chi connectivity index (χ0) is 16.6. The molecule has 2 N–H and O–H groups in total. The van der Waals surface area contributed by atoms with Crippen LogP contribution in [0.25, 0.3) is 0 Å². The number of hydrogen-bond acceptors (Lipinski definition) is 4. The molecule has 3 rings (SSSR count). The van der Waals surface area contributed by atoms with E-state index >= 15 is 0 Å². The zero-order valence-corrected chi connectivity index (χ0v) is 14.0. The van der Waals surface area contributed by atoms with Gasteiger partial charge >= 0.3 is 0 Å². The second-order valence-corrected chi connectivity index (χ2v) is 5.62. The second kappa shape index (κ2) is 8.40. The third kappa shape index (κ3) is 4.52. The topological polar surface area (TPSA) is 62.0 Å². The van der Waals surface area contributed by atoms with Crippen molar-refractivity contribution in [2.75, 3.05) is 38.3 Å². The minimum Gasteiger partial charge on any atom is -0.467 e. The van der Waals surface area contributed by atoms with Crippen molar-refractivity contribution in [3.8, 4) is 0 Å². The monoisotopic (exact) mass is 328 g/mol. The SMILES string of the molecule is CN=C(NCc1ccc(N2CCOCC2)cc1)NCc1ccco1. The molecule has 2 heterocycles. The van der Waals surface area contributed by atoms with Crippen LogP contribution in [0.15, 0.2) is 52.1 Å². The van der Waals surface area contributed by atoms with Gasteiger partial charge in [0.2, 0.25) is 0 Å². The summed E-state index contributed by atoms with van der Waals surface area (Å²) in [6.45, 7) is 4.87. The molecule has 0 amide bonds. The molecule has 1 aliphatic rings. The van der Waals surface area contributed by atoms with Gasteiger partial charge in [-0.25, -0.2) is 0 Å². The molecule has 0 radical (unpaired) electrons. The molecule has 24 heavy (non-hydrogen) atoms. The van der Waals surface area contributed by atoms with Crippen molar-refractivity contribution in [2.24, 2.45) is 4.99 Å². The van der Waals surface area contributed by atoms with E-state index in [1.807, 2.05) is 12.1 Å². The number of nitrogens with one attached hydrogen (secondary N) is 2. The summed E-state index contributed by atoms with van der Waals surface area (Å²) in [5.41, 5.74) is 2.47. The lowest BCUT2D eigenvalue weighted by Gasteiger charge is -2.28. The zero-order valence-electron chi connectivity index (χ0n) is 14.0. The van der Waals surface area contributed by atoms with Crippen molar-refractivity contribution in [1.82, 2.24) is 10.6 Å². The van der Waals surface area contributed by atoms with E-state index in [4.69, 9.17) is 9.15 Å². The van der Waals surface area contributed by atoms with Crippen molar-refractivity contribution in [1.29, 1.82) is 0 Å². The molecule has 0 atom stereocenters. The molecule has 1 aliphatic heterocycles. The summed E-state index contributed by atoms with van der Waals surface area (Å²) < 4.78 is 10.7.